The largest absolute Gasteiger partial charge is 0.480 e. The molecule has 2 aromatic heterocycles. The van der Waals surface area contributed by atoms with Crippen molar-refractivity contribution < 1.29 is 41.4 Å². The first-order valence-corrected chi connectivity index (χ1v) is 19.3. The Hall–Kier alpha value is -6.69. The molecule has 0 unspecified atom stereocenters. The van der Waals surface area contributed by atoms with Gasteiger partial charge in [0.25, 0.3) is 21.5 Å². The number of aryl methyl sites for hydroxylation is 1. The highest BCUT2D eigenvalue weighted by atomic mass is 32.2. The third-order valence-electron chi connectivity index (χ3n) is 9.23. The molecular weight excluding hydrogens is 779 g/mol. The van der Waals surface area contributed by atoms with Crippen molar-refractivity contribution in [1.29, 1.82) is 0 Å². The van der Waals surface area contributed by atoms with Gasteiger partial charge >= 0.3 is 17.8 Å². The zero-order valence-corrected chi connectivity index (χ0v) is 32.5. The van der Waals surface area contributed by atoms with E-state index in [0.717, 1.165) is 15.7 Å². The minimum absolute atomic E-state index is 0.188. The Morgan fingerprint density at radius 1 is 0.983 bits per heavy atom. The molecule has 6 rings (SSSR count). The predicted octanol–water partition coefficient (Wildman–Crippen LogP) is 4.61. The fourth-order valence-electron chi connectivity index (χ4n) is 6.30. The Morgan fingerprint density at radius 2 is 1.64 bits per heavy atom. The molecule has 2 amide bonds. The van der Waals surface area contributed by atoms with Crippen LogP contribution in [0.3, 0.4) is 0 Å². The Balaban J connectivity index is 1.11. The Bertz CT molecular complexity index is 2680. The van der Waals surface area contributed by atoms with Gasteiger partial charge in [-0.3, -0.25) is 23.9 Å². The lowest BCUT2D eigenvalue weighted by Gasteiger charge is -2.29. The molecule has 0 aliphatic carbocycles. The van der Waals surface area contributed by atoms with Crippen molar-refractivity contribution in [3.05, 3.63) is 134 Å². The lowest BCUT2D eigenvalue weighted by molar-refractivity contribution is -0.139. The average molecular weight is 817 g/mol. The molecule has 1 atom stereocenters. The third-order valence-corrected chi connectivity index (χ3v) is 10.6. The van der Waals surface area contributed by atoms with Crippen molar-refractivity contribution in [3.63, 3.8) is 0 Å². The Kier molecular flexibility index (Phi) is 11.3. The van der Waals surface area contributed by atoms with Gasteiger partial charge in [0.2, 0.25) is 0 Å². The summed E-state index contributed by atoms with van der Waals surface area (Å²) in [6.07, 6.45) is 4.37. The summed E-state index contributed by atoms with van der Waals surface area (Å²) in [6.45, 7) is 6.03. The van der Waals surface area contributed by atoms with Crippen LogP contribution in [0.5, 0.6) is 0 Å². The molecule has 0 fully saturated rings. The highest BCUT2D eigenvalue weighted by Crippen LogP contribution is 2.27. The summed E-state index contributed by atoms with van der Waals surface area (Å²) in [6, 6.07) is 12.5. The van der Waals surface area contributed by atoms with Crippen molar-refractivity contribution in [2.45, 2.75) is 50.2 Å². The molecule has 0 spiro atoms. The van der Waals surface area contributed by atoms with Crippen LogP contribution >= 0.6 is 0 Å². The van der Waals surface area contributed by atoms with Crippen LogP contribution in [0.1, 0.15) is 48.7 Å². The van der Waals surface area contributed by atoms with E-state index in [2.05, 4.69) is 15.0 Å². The standard InChI is InChI=1S/C40H38F2N6O9S/c1-40(2,3)57-39(54)47-17-14-25(15-18-47)24-7-11-28(12-8-24)58(55,56)45-26-20-30(41)34(31(42)21-26)35(49)44-32(37(51)52)19-23-5-9-27(10-6-23)48-36(50)29-13-16-43-22-33(29)46(4)38(48)53/h5-14,16,20-22,32,45H,15,17-19H2,1-4H3,(H,44,49)(H,51,52)/t32-/m0/s1. The minimum atomic E-state index is -4.36. The number of carboxylic acids is 1. The molecule has 302 valence electrons. The number of benzene rings is 3. The maximum absolute atomic E-state index is 15.3. The van der Waals surface area contributed by atoms with E-state index in [9.17, 15) is 37.5 Å². The van der Waals surface area contributed by atoms with Crippen molar-refractivity contribution in [1.82, 2.24) is 24.3 Å². The number of sulfonamides is 1. The molecule has 18 heteroatoms. The fourth-order valence-corrected chi connectivity index (χ4v) is 7.34. The summed E-state index contributed by atoms with van der Waals surface area (Å²) < 4.78 is 66.5. The molecule has 1 aliphatic rings. The van der Waals surface area contributed by atoms with Crippen molar-refractivity contribution >= 4 is 50.2 Å². The van der Waals surface area contributed by atoms with Crippen LogP contribution in [0, 0.1) is 11.6 Å². The highest BCUT2D eigenvalue weighted by molar-refractivity contribution is 7.92. The van der Waals surface area contributed by atoms with Crippen molar-refractivity contribution in [2.24, 2.45) is 7.05 Å². The second-order valence-corrected chi connectivity index (χ2v) is 16.1. The molecule has 1 aliphatic heterocycles. The summed E-state index contributed by atoms with van der Waals surface area (Å²) in [5.41, 5.74) is -1.07. The van der Waals surface area contributed by atoms with Crippen LogP contribution in [-0.2, 0) is 33.0 Å². The van der Waals surface area contributed by atoms with Gasteiger partial charge in [0.1, 0.15) is 28.8 Å². The number of fused-ring (bicyclic) bond motifs is 1. The molecule has 3 heterocycles. The van der Waals surface area contributed by atoms with Gasteiger partial charge in [0, 0.05) is 32.8 Å². The molecule has 0 saturated carbocycles. The molecule has 3 aromatic carbocycles. The zero-order chi connectivity index (χ0) is 42.1. The first-order chi connectivity index (χ1) is 27.3. The van der Waals surface area contributed by atoms with Crippen LogP contribution in [-0.4, -0.2) is 75.2 Å². The number of rotatable bonds is 10. The number of hydrogen-bond donors (Lipinski definition) is 3. The number of nitrogens with one attached hydrogen (secondary N) is 2. The van der Waals surface area contributed by atoms with Gasteiger partial charge in [-0.15, -0.1) is 0 Å². The quantitative estimate of drug-likeness (QED) is 0.179. The molecule has 3 N–H and O–H groups in total. The number of amides is 2. The number of aliphatic carboxylic acids is 1. The number of ether oxygens (including phenoxy) is 1. The van der Waals surface area contributed by atoms with Crippen LogP contribution in [0.4, 0.5) is 19.3 Å². The predicted molar refractivity (Wildman–Crippen MR) is 209 cm³/mol. The number of carboxylic acid groups (broad SMARTS) is 1. The van der Waals surface area contributed by atoms with Gasteiger partial charge in [-0.25, -0.2) is 36.1 Å². The van der Waals surface area contributed by atoms with Gasteiger partial charge < -0.3 is 20.1 Å². The smallest absolute Gasteiger partial charge is 0.410 e. The van der Waals surface area contributed by atoms with E-state index >= 15 is 8.78 Å². The monoisotopic (exact) mass is 816 g/mol. The fraction of sp³-hybridized carbons (Fsp3) is 0.250. The van der Waals surface area contributed by atoms with E-state index in [-0.39, 0.29) is 22.4 Å². The second kappa shape index (κ2) is 16.0. The Morgan fingerprint density at radius 3 is 2.22 bits per heavy atom. The molecule has 58 heavy (non-hydrogen) atoms. The number of hydrogen-bond acceptors (Lipinski definition) is 9. The van der Waals surface area contributed by atoms with E-state index in [4.69, 9.17) is 4.74 Å². The van der Waals surface area contributed by atoms with Gasteiger partial charge in [-0.1, -0.05) is 30.3 Å². The second-order valence-electron chi connectivity index (χ2n) is 14.5. The summed E-state index contributed by atoms with van der Waals surface area (Å²) in [4.78, 5) is 68.9. The number of pyridine rings is 1. The van der Waals surface area contributed by atoms with Crippen molar-refractivity contribution in [2.75, 3.05) is 17.8 Å². The average Bonchev–Trinajstić information content (AvgIpc) is 3.16. The van der Waals surface area contributed by atoms with Crippen LogP contribution < -0.4 is 21.3 Å². The highest BCUT2D eigenvalue weighted by Gasteiger charge is 2.28. The number of carbonyl (C=O) groups excluding carboxylic acids is 2. The van der Waals surface area contributed by atoms with E-state index in [0.29, 0.717) is 42.7 Å². The summed E-state index contributed by atoms with van der Waals surface area (Å²) in [5, 5.41) is 12.2. The maximum atomic E-state index is 15.3. The molecule has 0 radical (unpaired) electrons. The first kappa shape index (κ1) is 41.0. The third kappa shape index (κ3) is 8.81. The van der Waals surface area contributed by atoms with Gasteiger partial charge in [0.05, 0.1) is 33.4 Å². The molecule has 0 saturated heterocycles. The maximum Gasteiger partial charge on any atom is 0.410 e. The minimum Gasteiger partial charge on any atom is -0.480 e. The molecule has 5 aromatic rings. The molecule has 0 bridgehead atoms. The van der Waals surface area contributed by atoms with E-state index in [1.807, 2.05) is 6.08 Å². The van der Waals surface area contributed by atoms with Gasteiger partial charge in [0.15, 0.2) is 0 Å². The normalized spacial score (nSPS) is 13.8. The van der Waals surface area contributed by atoms with Crippen LogP contribution in [0.15, 0.2) is 99.7 Å². The number of anilines is 1. The lowest BCUT2D eigenvalue weighted by atomic mass is 10.00. The summed E-state index contributed by atoms with van der Waals surface area (Å²) in [5.74, 6) is -5.84. The van der Waals surface area contributed by atoms with Crippen molar-refractivity contribution in [3.8, 4) is 5.69 Å². The first-order valence-electron chi connectivity index (χ1n) is 17.8. The lowest BCUT2D eigenvalue weighted by Crippen LogP contribution is -2.43. The molecular formula is C40H38F2N6O9S. The number of carbonyl (C=O) groups is 3. The zero-order valence-electron chi connectivity index (χ0n) is 31.7. The summed E-state index contributed by atoms with van der Waals surface area (Å²) in [7, 11) is -2.88. The van der Waals surface area contributed by atoms with Crippen LogP contribution in [0.2, 0.25) is 0 Å². The number of halogens is 2. The Labute approximate surface area is 330 Å². The van der Waals surface area contributed by atoms with Gasteiger partial charge in [-0.05, 0) is 86.4 Å². The summed E-state index contributed by atoms with van der Waals surface area (Å²) >= 11 is 0. The van der Waals surface area contributed by atoms with Gasteiger partial charge in [-0.2, -0.15) is 0 Å². The number of aromatic nitrogens is 3. The topological polar surface area (TPSA) is 199 Å². The van der Waals surface area contributed by atoms with E-state index < -0.39 is 73.8 Å². The SMILES string of the molecule is Cn1c(=O)n(-c2ccc(C[C@H](NC(=O)c3c(F)cc(NS(=O)(=O)c4ccc(C5=CCN(C(=O)OC(C)(C)C)CC5)cc4)cc3F)C(=O)O)cc2)c(=O)c2ccncc21. The number of nitrogens with zero attached hydrogens (tertiary/aromatic N) is 4. The molecule has 15 nitrogen and oxygen atoms in total. The van der Waals surface area contributed by atoms with Crippen LogP contribution in [0.25, 0.3) is 22.2 Å². The van der Waals surface area contributed by atoms with E-state index in [1.54, 1.807) is 37.8 Å². The van der Waals surface area contributed by atoms with E-state index in [1.165, 1.54) is 66.5 Å².